The Morgan fingerprint density at radius 3 is 3.00 bits per heavy atom. The van der Waals surface area contributed by atoms with Gasteiger partial charge in [-0.25, -0.2) is 5.53 Å². The molecule has 1 unspecified atom stereocenters. The quantitative estimate of drug-likeness (QED) is 0.418. The lowest BCUT2D eigenvalue weighted by Crippen LogP contribution is -2.36. The van der Waals surface area contributed by atoms with Crippen LogP contribution in [0.25, 0.3) is 0 Å². The van der Waals surface area contributed by atoms with Crippen molar-refractivity contribution in [3.8, 4) is 0 Å². The predicted octanol–water partition coefficient (Wildman–Crippen LogP) is 0.00747. The van der Waals surface area contributed by atoms with Gasteiger partial charge in [0.1, 0.15) is 6.17 Å². The maximum atomic E-state index is 6.58. The smallest absolute Gasteiger partial charge is 0.142 e. The summed E-state index contributed by atoms with van der Waals surface area (Å²) in [5, 5.41) is 9.09. The molecule has 4 nitrogen and oxygen atoms in total. The topological polar surface area (TPSA) is 60.3 Å². The van der Waals surface area contributed by atoms with Crippen molar-refractivity contribution in [3.63, 3.8) is 0 Å². The Hall–Kier alpha value is -0.900. The Balaban J connectivity index is 2.42. The summed E-state index contributed by atoms with van der Waals surface area (Å²) in [6, 6.07) is 0. The van der Waals surface area contributed by atoms with Gasteiger partial charge >= 0.3 is 0 Å². The van der Waals surface area contributed by atoms with E-state index in [9.17, 15) is 0 Å². The first-order chi connectivity index (χ1) is 3.93. The van der Waals surface area contributed by atoms with E-state index in [1.54, 1.807) is 12.3 Å². The summed E-state index contributed by atoms with van der Waals surface area (Å²) < 4.78 is 0. The molecule has 1 rings (SSSR count). The maximum Gasteiger partial charge on any atom is 0.142 e. The van der Waals surface area contributed by atoms with Crippen LogP contribution in [0.5, 0.6) is 0 Å². The van der Waals surface area contributed by atoms with Gasteiger partial charge in [-0.2, -0.15) is 5.11 Å². The highest BCUT2D eigenvalue weighted by atomic mass is 15.2. The molecule has 1 heterocycles. The lowest BCUT2D eigenvalue weighted by molar-refractivity contribution is 0.535. The lowest BCUT2D eigenvalue weighted by atomic mass is 10.4. The van der Waals surface area contributed by atoms with Crippen molar-refractivity contribution >= 4 is 0 Å². The Kier molecular flexibility index (Phi) is 1.58. The Labute approximate surface area is 47.5 Å². The zero-order chi connectivity index (χ0) is 5.82. The van der Waals surface area contributed by atoms with E-state index in [4.69, 9.17) is 5.53 Å². The molecule has 0 saturated carbocycles. The first kappa shape index (κ1) is 5.24. The molecule has 0 bridgehead atoms. The summed E-state index contributed by atoms with van der Waals surface area (Å²) in [4.78, 5) is 0. The van der Waals surface area contributed by atoms with Gasteiger partial charge in [-0.3, -0.25) is 5.32 Å². The Bertz CT molecular complexity index is 109. The molecule has 0 aromatic heterocycles. The molecule has 1 aliphatic heterocycles. The van der Waals surface area contributed by atoms with Gasteiger partial charge < -0.3 is 5.32 Å². The molecule has 0 radical (unpaired) electrons. The van der Waals surface area contributed by atoms with Crippen LogP contribution in [0.2, 0.25) is 0 Å². The molecule has 44 valence electrons. The third-order valence-electron chi connectivity index (χ3n) is 0.949. The minimum Gasteiger partial charge on any atom is -0.378 e. The van der Waals surface area contributed by atoms with Crippen LogP contribution < -0.4 is 10.6 Å². The second-order valence-corrected chi connectivity index (χ2v) is 1.52. The monoisotopic (exact) mass is 112 g/mol. The SMILES string of the molecule is N=NC1C=CNCN1. The summed E-state index contributed by atoms with van der Waals surface area (Å²) in [5.41, 5.74) is 6.58. The Morgan fingerprint density at radius 1 is 1.75 bits per heavy atom. The molecule has 0 fully saturated rings. The molecule has 0 amide bonds. The summed E-state index contributed by atoms with van der Waals surface area (Å²) in [5.74, 6) is 0. The van der Waals surface area contributed by atoms with Crippen LogP contribution in [0.4, 0.5) is 0 Å². The van der Waals surface area contributed by atoms with Crippen LogP contribution in [-0.2, 0) is 0 Å². The zero-order valence-electron chi connectivity index (χ0n) is 4.39. The van der Waals surface area contributed by atoms with Crippen molar-refractivity contribution in [1.29, 1.82) is 5.53 Å². The minimum atomic E-state index is -0.115. The first-order valence-electron chi connectivity index (χ1n) is 2.43. The highest BCUT2D eigenvalue weighted by Crippen LogP contribution is 1.88. The number of hydrogen-bond acceptors (Lipinski definition) is 4. The number of hydrogen-bond donors (Lipinski definition) is 3. The fourth-order valence-electron chi connectivity index (χ4n) is 0.538. The average Bonchev–Trinajstić information content (AvgIpc) is 1.90. The highest BCUT2D eigenvalue weighted by Gasteiger charge is 2.00. The fourth-order valence-corrected chi connectivity index (χ4v) is 0.538. The maximum absolute atomic E-state index is 6.58. The zero-order valence-corrected chi connectivity index (χ0v) is 4.39. The van der Waals surface area contributed by atoms with Crippen molar-refractivity contribution in [1.82, 2.24) is 10.6 Å². The third kappa shape index (κ3) is 1.04. The van der Waals surface area contributed by atoms with Gasteiger partial charge in [-0.05, 0) is 12.3 Å². The van der Waals surface area contributed by atoms with Crippen molar-refractivity contribution < 1.29 is 0 Å². The van der Waals surface area contributed by atoms with Crippen LogP contribution in [0, 0.1) is 5.53 Å². The van der Waals surface area contributed by atoms with Gasteiger partial charge in [-0.1, -0.05) is 0 Å². The van der Waals surface area contributed by atoms with Crippen LogP contribution >= 0.6 is 0 Å². The molecule has 1 atom stereocenters. The van der Waals surface area contributed by atoms with E-state index < -0.39 is 0 Å². The first-order valence-corrected chi connectivity index (χ1v) is 2.43. The van der Waals surface area contributed by atoms with E-state index in [0.29, 0.717) is 6.67 Å². The normalized spacial score (nSPS) is 26.8. The minimum absolute atomic E-state index is 0.115. The lowest BCUT2D eigenvalue weighted by Gasteiger charge is -2.12. The van der Waals surface area contributed by atoms with Crippen LogP contribution in [0.1, 0.15) is 0 Å². The van der Waals surface area contributed by atoms with Gasteiger partial charge in [-0.15, -0.1) is 0 Å². The summed E-state index contributed by atoms with van der Waals surface area (Å²) in [6.45, 7) is 0.698. The predicted molar refractivity (Wildman–Crippen MR) is 29.2 cm³/mol. The second-order valence-electron chi connectivity index (χ2n) is 1.52. The molecule has 1 aliphatic rings. The summed E-state index contributed by atoms with van der Waals surface area (Å²) >= 11 is 0. The van der Waals surface area contributed by atoms with Crippen LogP contribution in [-0.4, -0.2) is 12.8 Å². The molecule has 0 spiro atoms. The Morgan fingerprint density at radius 2 is 2.62 bits per heavy atom. The third-order valence-corrected chi connectivity index (χ3v) is 0.949. The molecule has 3 N–H and O–H groups in total. The van der Waals surface area contributed by atoms with Gasteiger partial charge in [0.05, 0.1) is 6.67 Å². The summed E-state index contributed by atoms with van der Waals surface area (Å²) in [7, 11) is 0. The second kappa shape index (κ2) is 2.42. The summed E-state index contributed by atoms with van der Waals surface area (Å²) in [6.07, 6.45) is 3.46. The van der Waals surface area contributed by atoms with Crippen LogP contribution in [0.15, 0.2) is 17.4 Å². The molecule has 0 aromatic carbocycles. The van der Waals surface area contributed by atoms with Gasteiger partial charge in [0.15, 0.2) is 0 Å². The van der Waals surface area contributed by atoms with E-state index in [0.717, 1.165) is 0 Å². The molecule has 0 aliphatic carbocycles. The number of nitrogens with zero attached hydrogens (tertiary/aromatic N) is 1. The van der Waals surface area contributed by atoms with E-state index in [1.807, 2.05) is 0 Å². The van der Waals surface area contributed by atoms with E-state index in [1.165, 1.54) is 0 Å². The number of rotatable bonds is 1. The molecule has 0 aromatic rings. The van der Waals surface area contributed by atoms with Crippen molar-refractivity contribution in [2.75, 3.05) is 6.67 Å². The molecule has 0 saturated heterocycles. The number of nitrogens with one attached hydrogen (secondary N) is 3. The van der Waals surface area contributed by atoms with Crippen molar-refractivity contribution in [2.24, 2.45) is 5.11 Å². The van der Waals surface area contributed by atoms with E-state index >= 15 is 0 Å². The molecular weight excluding hydrogens is 104 g/mol. The van der Waals surface area contributed by atoms with Crippen molar-refractivity contribution in [2.45, 2.75) is 6.17 Å². The largest absolute Gasteiger partial charge is 0.378 e. The van der Waals surface area contributed by atoms with Gasteiger partial charge in [0, 0.05) is 0 Å². The molecule has 4 heteroatoms. The standard InChI is InChI=1S/C4H8N4/c5-8-4-1-2-6-3-7-4/h1-2,4-7H,3H2. The van der Waals surface area contributed by atoms with E-state index in [-0.39, 0.29) is 6.17 Å². The average molecular weight is 112 g/mol. The van der Waals surface area contributed by atoms with E-state index in [2.05, 4.69) is 15.7 Å². The highest BCUT2D eigenvalue weighted by molar-refractivity contribution is 4.92. The van der Waals surface area contributed by atoms with Gasteiger partial charge in [0.25, 0.3) is 0 Å². The fraction of sp³-hybridized carbons (Fsp3) is 0.500. The van der Waals surface area contributed by atoms with Crippen molar-refractivity contribution in [3.05, 3.63) is 12.3 Å². The molecular formula is C4H8N4. The molecule has 8 heavy (non-hydrogen) atoms. The van der Waals surface area contributed by atoms with Gasteiger partial charge in [0.2, 0.25) is 0 Å². The van der Waals surface area contributed by atoms with Crippen LogP contribution in [0.3, 0.4) is 0 Å².